The zero-order valence-corrected chi connectivity index (χ0v) is 16.3. The molecule has 0 N–H and O–H groups in total. The van der Waals surface area contributed by atoms with Crippen LogP contribution in [-0.4, -0.2) is 20.6 Å². The fourth-order valence-electron chi connectivity index (χ4n) is 2.20. The highest BCUT2D eigenvalue weighted by Gasteiger charge is 2.26. The van der Waals surface area contributed by atoms with E-state index in [0.29, 0.717) is 6.42 Å². The summed E-state index contributed by atoms with van der Waals surface area (Å²) in [5.74, 6) is -10.1. The molecule has 0 heterocycles. The zero-order chi connectivity index (χ0) is 19.9. The Morgan fingerprint density at radius 2 is 1.46 bits per heavy atom. The lowest BCUT2D eigenvalue weighted by atomic mass is 10.1. The Labute approximate surface area is 151 Å². The van der Waals surface area contributed by atoms with E-state index in [1.54, 1.807) is 0 Å². The standard InChI is InChI=1S/C17H24F5NO2Si/c1-5-6-7-8-11(25-26(2,3)4)9-23-24-10-12-13(18)15(20)17(22)16(21)14(12)19/h9,11H,5-8,10H2,1-4H3/b23-9+. The molecule has 0 bridgehead atoms. The van der Waals surface area contributed by atoms with Gasteiger partial charge in [0, 0.05) is 0 Å². The van der Waals surface area contributed by atoms with Gasteiger partial charge in [0.1, 0.15) is 6.61 Å². The van der Waals surface area contributed by atoms with Crippen molar-refractivity contribution in [1.29, 1.82) is 0 Å². The van der Waals surface area contributed by atoms with Crippen LogP contribution in [-0.2, 0) is 15.9 Å². The fourth-order valence-corrected chi connectivity index (χ4v) is 3.29. The van der Waals surface area contributed by atoms with Crippen LogP contribution in [0.1, 0.15) is 38.2 Å². The number of halogens is 5. The van der Waals surface area contributed by atoms with E-state index in [1.165, 1.54) is 6.21 Å². The average molecular weight is 397 g/mol. The summed E-state index contributed by atoms with van der Waals surface area (Å²) < 4.78 is 72.3. The maximum Gasteiger partial charge on any atom is 0.200 e. The van der Waals surface area contributed by atoms with E-state index in [4.69, 9.17) is 9.26 Å². The van der Waals surface area contributed by atoms with Crippen LogP contribution in [0.2, 0.25) is 19.6 Å². The molecule has 1 atom stereocenters. The van der Waals surface area contributed by atoms with Crippen molar-refractivity contribution in [2.75, 3.05) is 0 Å². The Kier molecular flexibility index (Phi) is 8.68. The first kappa shape index (κ1) is 22.6. The molecule has 26 heavy (non-hydrogen) atoms. The third-order valence-corrected chi connectivity index (χ3v) is 4.42. The van der Waals surface area contributed by atoms with Crippen molar-refractivity contribution in [3.63, 3.8) is 0 Å². The maximum atomic E-state index is 13.5. The number of nitrogens with zero attached hydrogens (tertiary/aromatic N) is 1. The van der Waals surface area contributed by atoms with Crippen LogP contribution >= 0.6 is 0 Å². The summed E-state index contributed by atoms with van der Waals surface area (Å²) >= 11 is 0. The van der Waals surface area contributed by atoms with Gasteiger partial charge in [0.15, 0.2) is 31.6 Å². The van der Waals surface area contributed by atoms with E-state index >= 15 is 0 Å². The lowest BCUT2D eigenvalue weighted by Gasteiger charge is -2.23. The highest BCUT2D eigenvalue weighted by molar-refractivity contribution is 6.69. The van der Waals surface area contributed by atoms with Crippen LogP contribution in [0, 0.1) is 29.1 Å². The number of rotatable bonds is 10. The van der Waals surface area contributed by atoms with Gasteiger partial charge in [-0.05, 0) is 26.1 Å². The molecular weight excluding hydrogens is 373 g/mol. The smallest absolute Gasteiger partial charge is 0.200 e. The molecule has 1 unspecified atom stereocenters. The molecular formula is C17H24F5NO2Si. The van der Waals surface area contributed by atoms with Gasteiger partial charge in [-0.3, -0.25) is 0 Å². The van der Waals surface area contributed by atoms with Gasteiger partial charge in [0.25, 0.3) is 0 Å². The van der Waals surface area contributed by atoms with Gasteiger partial charge < -0.3 is 9.26 Å². The second-order valence-electron chi connectivity index (χ2n) is 6.84. The molecule has 0 radical (unpaired) electrons. The summed E-state index contributed by atoms with van der Waals surface area (Å²) in [5.41, 5.74) is -1.06. The van der Waals surface area contributed by atoms with Gasteiger partial charge in [-0.2, -0.15) is 0 Å². The van der Waals surface area contributed by atoms with Crippen molar-refractivity contribution >= 4 is 14.5 Å². The lowest BCUT2D eigenvalue weighted by Crippen LogP contribution is -2.33. The van der Waals surface area contributed by atoms with Crippen molar-refractivity contribution in [3.8, 4) is 0 Å². The van der Waals surface area contributed by atoms with Crippen LogP contribution < -0.4 is 0 Å². The Morgan fingerprint density at radius 3 is 1.96 bits per heavy atom. The molecule has 0 saturated carbocycles. The van der Waals surface area contributed by atoms with Gasteiger partial charge >= 0.3 is 0 Å². The molecule has 148 valence electrons. The Hall–Kier alpha value is -1.48. The third-order valence-electron chi connectivity index (χ3n) is 3.41. The molecule has 0 amide bonds. The fraction of sp³-hybridized carbons (Fsp3) is 0.588. The summed E-state index contributed by atoms with van der Waals surface area (Å²) in [5, 5.41) is 3.59. The number of hydrogen-bond acceptors (Lipinski definition) is 3. The summed E-state index contributed by atoms with van der Waals surface area (Å²) in [7, 11) is -1.85. The first-order valence-corrected chi connectivity index (χ1v) is 11.8. The lowest BCUT2D eigenvalue weighted by molar-refractivity contribution is 0.120. The predicted octanol–water partition coefficient (Wildman–Crippen LogP) is 5.68. The van der Waals surface area contributed by atoms with Gasteiger partial charge in [-0.1, -0.05) is 31.3 Å². The molecule has 0 fully saturated rings. The maximum absolute atomic E-state index is 13.5. The molecule has 0 aromatic heterocycles. The number of oxime groups is 1. The van der Waals surface area contributed by atoms with Crippen molar-refractivity contribution in [1.82, 2.24) is 0 Å². The number of unbranched alkanes of at least 4 members (excludes halogenated alkanes) is 2. The van der Waals surface area contributed by atoms with E-state index in [1.807, 2.05) is 19.6 Å². The summed E-state index contributed by atoms with van der Waals surface area (Å²) in [6.07, 6.45) is 4.70. The Morgan fingerprint density at radius 1 is 0.923 bits per heavy atom. The molecule has 0 aliphatic carbocycles. The molecule has 1 aromatic rings. The molecule has 0 saturated heterocycles. The minimum absolute atomic E-state index is 0.329. The molecule has 9 heteroatoms. The number of benzene rings is 1. The van der Waals surface area contributed by atoms with Gasteiger partial charge in [0.2, 0.25) is 5.82 Å². The van der Waals surface area contributed by atoms with Crippen LogP contribution in [0.15, 0.2) is 5.16 Å². The third kappa shape index (κ3) is 6.68. The molecule has 0 aliphatic rings. The minimum atomic E-state index is -2.20. The molecule has 0 aliphatic heterocycles. The van der Waals surface area contributed by atoms with Crippen molar-refractivity contribution in [2.45, 2.75) is 65.0 Å². The Bertz CT molecular complexity index is 606. The summed E-state index contributed by atoms with van der Waals surface area (Å²) in [6, 6.07) is 0. The Balaban J connectivity index is 2.77. The van der Waals surface area contributed by atoms with Crippen molar-refractivity contribution in [3.05, 3.63) is 34.6 Å². The minimum Gasteiger partial charge on any atom is -0.410 e. The van der Waals surface area contributed by atoms with Crippen LogP contribution in [0.4, 0.5) is 22.0 Å². The first-order valence-electron chi connectivity index (χ1n) is 8.42. The first-order chi connectivity index (χ1) is 12.1. The van der Waals surface area contributed by atoms with Gasteiger partial charge in [-0.25, -0.2) is 22.0 Å². The monoisotopic (exact) mass is 397 g/mol. The van der Waals surface area contributed by atoms with E-state index < -0.39 is 49.6 Å². The quantitative estimate of drug-likeness (QED) is 0.0967. The highest BCUT2D eigenvalue weighted by Crippen LogP contribution is 2.23. The largest absolute Gasteiger partial charge is 0.410 e. The van der Waals surface area contributed by atoms with E-state index in [-0.39, 0.29) is 6.10 Å². The van der Waals surface area contributed by atoms with E-state index in [0.717, 1.165) is 19.3 Å². The SMILES string of the molecule is CCCCCC(/C=N/OCc1c(F)c(F)c(F)c(F)c1F)O[Si](C)(C)C. The zero-order valence-electron chi connectivity index (χ0n) is 15.3. The summed E-state index contributed by atoms with van der Waals surface area (Å²) in [4.78, 5) is 4.75. The van der Waals surface area contributed by atoms with E-state index in [9.17, 15) is 22.0 Å². The number of hydrogen-bond donors (Lipinski definition) is 0. The molecule has 3 nitrogen and oxygen atoms in total. The molecule has 0 spiro atoms. The molecule has 1 aromatic carbocycles. The van der Waals surface area contributed by atoms with Gasteiger partial charge in [-0.15, -0.1) is 0 Å². The van der Waals surface area contributed by atoms with Crippen LogP contribution in [0.3, 0.4) is 0 Å². The highest BCUT2D eigenvalue weighted by atomic mass is 28.4. The predicted molar refractivity (Wildman–Crippen MR) is 91.9 cm³/mol. The second-order valence-corrected chi connectivity index (χ2v) is 11.3. The summed E-state index contributed by atoms with van der Waals surface area (Å²) in [6.45, 7) is 7.20. The van der Waals surface area contributed by atoms with E-state index in [2.05, 4.69) is 12.1 Å². The molecule has 1 rings (SSSR count). The van der Waals surface area contributed by atoms with Gasteiger partial charge in [0.05, 0.1) is 17.9 Å². The van der Waals surface area contributed by atoms with Crippen LogP contribution in [0.25, 0.3) is 0 Å². The normalized spacial score (nSPS) is 13.4. The van der Waals surface area contributed by atoms with Crippen molar-refractivity contribution in [2.24, 2.45) is 5.16 Å². The van der Waals surface area contributed by atoms with Crippen molar-refractivity contribution < 1.29 is 31.2 Å². The average Bonchev–Trinajstić information content (AvgIpc) is 2.56. The topological polar surface area (TPSA) is 30.8 Å². The second kappa shape index (κ2) is 10.0. The van der Waals surface area contributed by atoms with Crippen LogP contribution in [0.5, 0.6) is 0 Å².